The second kappa shape index (κ2) is 9.03. The largest absolute Gasteiger partial charge is 0.494 e. The number of nitrogens with zero attached hydrogens (tertiary/aromatic N) is 2. The van der Waals surface area contributed by atoms with Crippen molar-refractivity contribution in [1.29, 1.82) is 0 Å². The van der Waals surface area contributed by atoms with E-state index in [1.165, 1.54) is 6.20 Å². The van der Waals surface area contributed by atoms with Crippen LogP contribution in [0.4, 0.5) is 5.69 Å². The molecule has 1 aromatic carbocycles. The molecule has 0 fully saturated rings. The molecule has 1 amide bonds. The van der Waals surface area contributed by atoms with Crippen molar-refractivity contribution in [2.24, 2.45) is 0 Å². The number of fused-ring (bicyclic) bond motifs is 1. The van der Waals surface area contributed by atoms with Gasteiger partial charge in [-0.2, -0.15) is 5.10 Å². The number of pyridine rings is 1. The average Bonchev–Trinajstić information content (AvgIpc) is 3.12. The molecule has 2 heterocycles. The third-order valence-corrected chi connectivity index (χ3v) is 4.16. The first-order chi connectivity index (χ1) is 13.6. The van der Waals surface area contributed by atoms with Crippen molar-refractivity contribution in [3.8, 4) is 5.75 Å². The highest BCUT2D eigenvalue weighted by Gasteiger charge is 2.15. The number of hydrogen-bond donors (Lipinski definition) is 1. The summed E-state index contributed by atoms with van der Waals surface area (Å²) in [7, 11) is 0. The highest BCUT2D eigenvalue weighted by atomic mass is 16.5. The molecule has 1 N–H and O–H groups in total. The van der Waals surface area contributed by atoms with Gasteiger partial charge in [0.15, 0.2) is 0 Å². The van der Waals surface area contributed by atoms with Crippen molar-refractivity contribution in [3.63, 3.8) is 0 Å². The zero-order valence-corrected chi connectivity index (χ0v) is 16.0. The Hall–Kier alpha value is -3.35. The molecule has 7 nitrogen and oxygen atoms in total. The number of esters is 1. The van der Waals surface area contributed by atoms with Crippen molar-refractivity contribution in [2.45, 2.75) is 26.7 Å². The van der Waals surface area contributed by atoms with Gasteiger partial charge in [-0.25, -0.2) is 9.31 Å². The van der Waals surface area contributed by atoms with Gasteiger partial charge in [0.2, 0.25) is 0 Å². The lowest BCUT2D eigenvalue weighted by Crippen LogP contribution is -2.12. The van der Waals surface area contributed by atoms with Crippen LogP contribution in [0, 0.1) is 0 Å². The van der Waals surface area contributed by atoms with Crippen molar-refractivity contribution in [3.05, 3.63) is 59.9 Å². The maximum Gasteiger partial charge on any atom is 0.341 e. The number of amides is 1. The highest BCUT2D eigenvalue weighted by molar-refractivity contribution is 6.05. The topological polar surface area (TPSA) is 81.9 Å². The van der Waals surface area contributed by atoms with Gasteiger partial charge in [-0.1, -0.05) is 13.3 Å². The fraction of sp³-hybridized carbons (Fsp3) is 0.286. The van der Waals surface area contributed by atoms with Gasteiger partial charge < -0.3 is 14.8 Å². The minimum atomic E-state index is -0.445. The van der Waals surface area contributed by atoms with Gasteiger partial charge in [0.05, 0.1) is 24.9 Å². The number of carbonyl (C=O) groups is 2. The summed E-state index contributed by atoms with van der Waals surface area (Å²) in [6.45, 7) is 4.80. The van der Waals surface area contributed by atoms with Crippen LogP contribution < -0.4 is 10.1 Å². The zero-order valence-electron chi connectivity index (χ0n) is 16.0. The summed E-state index contributed by atoms with van der Waals surface area (Å²) < 4.78 is 12.2. The maximum atomic E-state index is 12.5. The highest BCUT2D eigenvalue weighted by Crippen LogP contribution is 2.19. The number of unbranched alkanes of at least 4 members (excludes halogenated alkanes) is 1. The molecule has 0 aliphatic carbocycles. The summed E-state index contributed by atoms with van der Waals surface area (Å²) in [6.07, 6.45) is 5.20. The van der Waals surface area contributed by atoms with E-state index in [2.05, 4.69) is 17.3 Å². The SMILES string of the molecule is CCCCOc1ccc(C(=O)Nc2ccn3ncc(C(=O)OCC)c3c2)cc1. The van der Waals surface area contributed by atoms with E-state index in [-0.39, 0.29) is 12.5 Å². The number of rotatable bonds is 8. The fourth-order valence-electron chi connectivity index (χ4n) is 2.66. The number of benzene rings is 1. The normalized spacial score (nSPS) is 10.6. The quantitative estimate of drug-likeness (QED) is 0.472. The Balaban J connectivity index is 1.72. The molecule has 3 aromatic rings. The first-order valence-corrected chi connectivity index (χ1v) is 9.31. The van der Waals surface area contributed by atoms with Gasteiger partial charge in [0, 0.05) is 17.4 Å². The molecule has 0 saturated heterocycles. The summed E-state index contributed by atoms with van der Waals surface area (Å²) in [5.74, 6) is 0.0473. The third-order valence-electron chi connectivity index (χ3n) is 4.16. The van der Waals surface area contributed by atoms with Crippen molar-refractivity contribution in [1.82, 2.24) is 9.61 Å². The number of carbonyl (C=O) groups excluding carboxylic acids is 2. The van der Waals surface area contributed by atoms with Crippen LogP contribution in [0.15, 0.2) is 48.8 Å². The van der Waals surface area contributed by atoms with Crippen LogP contribution in [-0.2, 0) is 4.74 Å². The average molecular weight is 381 g/mol. The Morgan fingerprint density at radius 3 is 2.64 bits per heavy atom. The van der Waals surface area contributed by atoms with Gasteiger partial charge >= 0.3 is 5.97 Å². The van der Waals surface area contributed by atoms with Gasteiger partial charge in [0.25, 0.3) is 5.91 Å². The number of ether oxygens (including phenoxy) is 2. The van der Waals surface area contributed by atoms with Crippen molar-refractivity contribution in [2.75, 3.05) is 18.5 Å². The monoisotopic (exact) mass is 381 g/mol. The lowest BCUT2D eigenvalue weighted by molar-refractivity contribution is 0.0528. The molecular formula is C21H23N3O4. The maximum absolute atomic E-state index is 12.5. The summed E-state index contributed by atoms with van der Waals surface area (Å²) in [4.78, 5) is 24.5. The van der Waals surface area contributed by atoms with Crippen LogP contribution in [0.3, 0.4) is 0 Å². The molecule has 7 heteroatoms. The predicted octanol–water partition coefficient (Wildman–Crippen LogP) is 3.94. The molecule has 3 rings (SSSR count). The Morgan fingerprint density at radius 2 is 1.93 bits per heavy atom. The molecule has 0 bridgehead atoms. The molecule has 0 aliphatic rings. The zero-order chi connectivity index (χ0) is 19.9. The number of nitrogens with one attached hydrogen (secondary N) is 1. The van der Waals surface area contributed by atoms with E-state index in [1.54, 1.807) is 54.0 Å². The Kier molecular flexibility index (Phi) is 6.26. The molecule has 2 aromatic heterocycles. The van der Waals surface area contributed by atoms with Crippen LogP contribution in [0.5, 0.6) is 5.75 Å². The minimum Gasteiger partial charge on any atom is -0.494 e. The van der Waals surface area contributed by atoms with E-state index in [1.807, 2.05) is 0 Å². The molecule has 0 radical (unpaired) electrons. The van der Waals surface area contributed by atoms with Crippen LogP contribution in [-0.4, -0.2) is 34.7 Å². The molecular weight excluding hydrogens is 358 g/mol. The van der Waals surface area contributed by atoms with E-state index in [0.717, 1.165) is 18.6 Å². The number of aromatic nitrogens is 2. The van der Waals surface area contributed by atoms with Crippen LogP contribution in [0.1, 0.15) is 47.4 Å². The Labute approximate surface area is 163 Å². The van der Waals surface area contributed by atoms with Gasteiger partial charge in [-0.05, 0) is 49.7 Å². The summed E-state index contributed by atoms with van der Waals surface area (Å²) in [6, 6.07) is 10.4. The van der Waals surface area contributed by atoms with Gasteiger partial charge in [-0.15, -0.1) is 0 Å². The molecule has 28 heavy (non-hydrogen) atoms. The summed E-state index contributed by atoms with van der Waals surface area (Å²) in [5, 5.41) is 6.97. The smallest absolute Gasteiger partial charge is 0.341 e. The first kappa shape index (κ1) is 19.4. The van der Waals surface area contributed by atoms with Crippen molar-refractivity contribution < 1.29 is 19.1 Å². The molecule has 146 valence electrons. The standard InChI is InChI=1S/C21H23N3O4/c1-3-5-12-28-17-8-6-15(7-9-17)20(25)23-16-10-11-24-19(13-16)18(14-22-24)21(26)27-4-2/h6-11,13-14H,3-5,12H2,1-2H3,(H,23,25). The van der Waals surface area contributed by atoms with E-state index < -0.39 is 5.97 Å². The minimum absolute atomic E-state index is 0.248. The molecule has 0 atom stereocenters. The Morgan fingerprint density at radius 1 is 1.14 bits per heavy atom. The van der Waals surface area contributed by atoms with E-state index >= 15 is 0 Å². The van der Waals surface area contributed by atoms with Gasteiger partial charge in [0.1, 0.15) is 11.3 Å². The lowest BCUT2D eigenvalue weighted by atomic mass is 10.2. The second-order valence-corrected chi connectivity index (χ2v) is 6.20. The summed E-state index contributed by atoms with van der Waals surface area (Å²) >= 11 is 0. The van der Waals surface area contributed by atoms with E-state index in [0.29, 0.717) is 28.9 Å². The molecule has 0 aliphatic heterocycles. The lowest BCUT2D eigenvalue weighted by Gasteiger charge is -2.08. The predicted molar refractivity (Wildman–Crippen MR) is 106 cm³/mol. The van der Waals surface area contributed by atoms with Crippen LogP contribution >= 0.6 is 0 Å². The van der Waals surface area contributed by atoms with E-state index in [4.69, 9.17) is 9.47 Å². The van der Waals surface area contributed by atoms with Gasteiger partial charge in [-0.3, -0.25) is 4.79 Å². The second-order valence-electron chi connectivity index (χ2n) is 6.20. The summed E-state index contributed by atoms with van der Waals surface area (Å²) in [5.41, 5.74) is 2.00. The fourth-order valence-corrected chi connectivity index (χ4v) is 2.66. The molecule has 0 saturated carbocycles. The Bertz CT molecular complexity index is 963. The van der Waals surface area contributed by atoms with E-state index in [9.17, 15) is 9.59 Å². The molecule has 0 unspecified atom stereocenters. The number of anilines is 1. The third kappa shape index (κ3) is 4.49. The van der Waals surface area contributed by atoms with Crippen LogP contribution in [0.2, 0.25) is 0 Å². The van der Waals surface area contributed by atoms with Crippen molar-refractivity contribution >= 4 is 23.1 Å². The number of hydrogen-bond acceptors (Lipinski definition) is 5. The molecule has 0 spiro atoms. The first-order valence-electron chi connectivity index (χ1n) is 9.31. The van der Waals surface area contributed by atoms with Crippen LogP contribution in [0.25, 0.3) is 5.52 Å².